The third kappa shape index (κ3) is 3.76. The van der Waals surface area contributed by atoms with E-state index in [0.717, 1.165) is 44.4 Å². The standard InChI is InChI=1S/C14H25N3O2/c1-3-5-12(18-4-2)13-16-14(19-17-13)10-6-8-11(15)9-7-10/h10-12H,3-9,15H2,1-2H3. The second kappa shape index (κ2) is 7.01. The summed E-state index contributed by atoms with van der Waals surface area (Å²) in [5.41, 5.74) is 5.92. The maximum atomic E-state index is 5.92. The Hall–Kier alpha value is -0.940. The molecule has 1 aromatic heterocycles. The molecule has 19 heavy (non-hydrogen) atoms. The summed E-state index contributed by atoms with van der Waals surface area (Å²) in [5, 5.41) is 4.11. The lowest BCUT2D eigenvalue weighted by atomic mass is 9.86. The second-order valence-corrected chi connectivity index (χ2v) is 5.34. The largest absolute Gasteiger partial charge is 0.370 e. The van der Waals surface area contributed by atoms with Crippen LogP contribution in [-0.4, -0.2) is 22.8 Å². The molecule has 0 saturated heterocycles. The van der Waals surface area contributed by atoms with Gasteiger partial charge in [0.25, 0.3) is 0 Å². The van der Waals surface area contributed by atoms with E-state index in [-0.39, 0.29) is 6.10 Å². The first-order valence-electron chi connectivity index (χ1n) is 7.45. The summed E-state index contributed by atoms with van der Waals surface area (Å²) in [6.45, 7) is 4.80. The number of rotatable bonds is 6. The number of hydrogen-bond donors (Lipinski definition) is 1. The van der Waals surface area contributed by atoms with Crippen molar-refractivity contribution in [3.8, 4) is 0 Å². The van der Waals surface area contributed by atoms with Gasteiger partial charge in [0, 0.05) is 18.6 Å². The van der Waals surface area contributed by atoms with Crippen LogP contribution in [0.3, 0.4) is 0 Å². The van der Waals surface area contributed by atoms with Crippen molar-refractivity contribution in [2.45, 2.75) is 70.4 Å². The van der Waals surface area contributed by atoms with Crippen molar-refractivity contribution >= 4 is 0 Å². The molecular weight excluding hydrogens is 242 g/mol. The maximum absolute atomic E-state index is 5.92. The molecule has 1 saturated carbocycles. The van der Waals surface area contributed by atoms with Crippen LogP contribution in [0.4, 0.5) is 0 Å². The first-order chi connectivity index (χ1) is 9.24. The predicted molar refractivity (Wildman–Crippen MR) is 72.8 cm³/mol. The maximum Gasteiger partial charge on any atom is 0.229 e. The Labute approximate surface area is 114 Å². The summed E-state index contributed by atoms with van der Waals surface area (Å²) in [6, 6.07) is 0.343. The molecule has 0 amide bonds. The van der Waals surface area contributed by atoms with Crippen LogP contribution in [0.5, 0.6) is 0 Å². The van der Waals surface area contributed by atoms with Gasteiger partial charge < -0.3 is 15.0 Å². The van der Waals surface area contributed by atoms with Gasteiger partial charge in [0.2, 0.25) is 11.7 Å². The molecule has 0 bridgehead atoms. The molecule has 1 aliphatic rings. The molecule has 1 fully saturated rings. The van der Waals surface area contributed by atoms with Crippen LogP contribution >= 0.6 is 0 Å². The summed E-state index contributed by atoms with van der Waals surface area (Å²) in [5.74, 6) is 1.85. The van der Waals surface area contributed by atoms with E-state index in [4.69, 9.17) is 15.0 Å². The van der Waals surface area contributed by atoms with Crippen molar-refractivity contribution in [2.75, 3.05) is 6.61 Å². The van der Waals surface area contributed by atoms with E-state index in [1.54, 1.807) is 0 Å². The number of hydrogen-bond acceptors (Lipinski definition) is 5. The molecule has 0 aliphatic heterocycles. The minimum Gasteiger partial charge on any atom is -0.370 e. The van der Waals surface area contributed by atoms with Gasteiger partial charge in [-0.25, -0.2) is 0 Å². The fourth-order valence-electron chi connectivity index (χ4n) is 2.66. The van der Waals surface area contributed by atoms with Crippen LogP contribution in [-0.2, 0) is 4.74 Å². The Morgan fingerprint density at radius 3 is 2.68 bits per heavy atom. The molecule has 1 aromatic rings. The van der Waals surface area contributed by atoms with Crippen LogP contribution in [0.25, 0.3) is 0 Å². The Bertz CT molecular complexity index is 367. The van der Waals surface area contributed by atoms with Crippen molar-refractivity contribution in [1.29, 1.82) is 0 Å². The van der Waals surface area contributed by atoms with Crippen molar-refractivity contribution in [2.24, 2.45) is 5.73 Å². The molecule has 2 rings (SSSR count). The summed E-state index contributed by atoms with van der Waals surface area (Å²) in [4.78, 5) is 4.55. The minimum atomic E-state index is -0.0293. The quantitative estimate of drug-likeness (QED) is 0.857. The monoisotopic (exact) mass is 267 g/mol. The summed E-state index contributed by atoms with van der Waals surface area (Å²) in [6.07, 6.45) is 6.15. The normalized spacial score (nSPS) is 25.4. The van der Waals surface area contributed by atoms with E-state index in [0.29, 0.717) is 24.4 Å². The molecule has 5 nitrogen and oxygen atoms in total. The molecule has 5 heteroatoms. The van der Waals surface area contributed by atoms with Gasteiger partial charge in [0.15, 0.2) is 0 Å². The number of nitrogens with zero attached hydrogens (tertiary/aromatic N) is 2. The number of aromatic nitrogens is 2. The lowest BCUT2D eigenvalue weighted by molar-refractivity contribution is 0.0477. The first kappa shape index (κ1) is 14.5. The molecule has 1 heterocycles. The highest BCUT2D eigenvalue weighted by Crippen LogP contribution is 2.32. The average molecular weight is 267 g/mol. The summed E-state index contributed by atoms with van der Waals surface area (Å²) >= 11 is 0. The van der Waals surface area contributed by atoms with E-state index in [1.165, 1.54) is 0 Å². The smallest absolute Gasteiger partial charge is 0.229 e. The lowest BCUT2D eigenvalue weighted by Crippen LogP contribution is -2.25. The van der Waals surface area contributed by atoms with Gasteiger partial charge in [-0.1, -0.05) is 18.5 Å². The van der Waals surface area contributed by atoms with Crippen LogP contribution in [0.2, 0.25) is 0 Å². The van der Waals surface area contributed by atoms with Crippen LogP contribution in [0.15, 0.2) is 4.52 Å². The predicted octanol–water partition coefficient (Wildman–Crippen LogP) is 2.93. The molecule has 1 atom stereocenters. The Morgan fingerprint density at radius 1 is 1.32 bits per heavy atom. The SMILES string of the molecule is CCCC(OCC)c1noc(C2CCC(N)CC2)n1. The van der Waals surface area contributed by atoms with E-state index in [1.807, 2.05) is 6.92 Å². The fraction of sp³-hybridized carbons (Fsp3) is 0.857. The Kier molecular flexibility index (Phi) is 5.34. The Balaban J connectivity index is 2.00. The van der Waals surface area contributed by atoms with Gasteiger partial charge in [-0.2, -0.15) is 4.98 Å². The van der Waals surface area contributed by atoms with E-state index >= 15 is 0 Å². The highest BCUT2D eigenvalue weighted by atomic mass is 16.5. The van der Waals surface area contributed by atoms with E-state index in [2.05, 4.69) is 17.1 Å². The number of ether oxygens (including phenoxy) is 1. The van der Waals surface area contributed by atoms with E-state index in [9.17, 15) is 0 Å². The highest BCUT2D eigenvalue weighted by molar-refractivity contribution is 4.99. The second-order valence-electron chi connectivity index (χ2n) is 5.34. The van der Waals surface area contributed by atoms with Crippen LogP contribution in [0.1, 0.15) is 76.1 Å². The number of nitrogens with two attached hydrogens (primary N) is 1. The van der Waals surface area contributed by atoms with Gasteiger partial charge in [-0.05, 0) is 39.0 Å². The third-order valence-corrected chi connectivity index (χ3v) is 3.79. The molecule has 1 unspecified atom stereocenters. The van der Waals surface area contributed by atoms with Crippen LogP contribution < -0.4 is 5.73 Å². The van der Waals surface area contributed by atoms with Gasteiger partial charge in [-0.15, -0.1) is 0 Å². The van der Waals surface area contributed by atoms with Gasteiger partial charge in [0.1, 0.15) is 6.10 Å². The van der Waals surface area contributed by atoms with Gasteiger partial charge >= 0.3 is 0 Å². The summed E-state index contributed by atoms with van der Waals surface area (Å²) in [7, 11) is 0. The van der Waals surface area contributed by atoms with Crippen molar-refractivity contribution < 1.29 is 9.26 Å². The highest BCUT2D eigenvalue weighted by Gasteiger charge is 2.26. The first-order valence-corrected chi connectivity index (χ1v) is 7.45. The van der Waals surface area contributed by atoms with Crippen molar-refractivity contribution in [3.05, 3.63) is 11.7 Å². The zero-order valence-electron chi connectivity index (χ0n) is 12.0. The zero-order valence-corrected chi connectivity index (χ0v) is 12.0. The molecule has 108 valence electrons. The Morgan fingerprint density at radius 2 is 2.05 bits per heavy atom. The molecule has 0 radical (unpaired) electrons. The lowest BCUT2D eigenvalue weighted by Gasteiger charge is -2.23. The topological polar surface area (TPSA) is 74.2 Å². The van der Waals surface area contributed by atoms with Gasteiger partial charge in [0.05, 0.1) is 0 Å². The van der Waals surface area contributed by atoms with Gasteiger partial charge in [-0.3, -0.25) is 0 Å². The van der Waals surface area contributed by atoms with Crippen LogP contribution in [0, 0.1) is 0 Å². The molecule has 1 aliphatic carbocycles. The fourth-order valence-corrected chi connectivity index (χ4v) is 2.66. The third-order valence-electron chi connectivity index (χ3n) is 3.79. The zero-order chi connectivity index (χ0) is 13.7. The minimum absolute atomic E-state index is 0.0293. The molecular formula is C14H25N3O2. The molecule has 0 spiro atoms. The van der Waals surface area contributed by atoms with E-state index < -0.39 is 0 Å². The molecule has 2 N–H and O–H groups in total. The van der Waals surface area contributed by atoms with Crippen molar-refractivity contribution in [1.82, 2.24) is 10.1 Å². The molecule has 0 aromatic carbocycles. The van der Waals surface area contributed by atoms with Crippen molar-refractivity contribution in [3.63, 3.8) is 0 Å². The summed E-state index contributed by atoms with van der Waals surface area (Å²) < 4.78 is 11.1. The average Bonchev–Trinajstić information content (AvgIpc) is 2.89.